The lowest BCUT2D eigenvalue weighted by Crippen LogP contribution is -2.34. The van der Waals surface area contributed by atoms with E-state index in [0.29, 0.717) is 5.82 Å². The molecular weight excluding hydrogens is 192 g/mol. The van der Waals surface area contributed by atoms with Gasteiger partial charge in [-0.05, 0) is 19.3 Å². The molecule has 0 radical (unpaired) electrons. The smallest absolute Gasteiger partial charge is 0.228 e. The first-order chi connectivity index (χ1) is 7.25. The van der Waals surface area contributed by atoms with Crippen LogP contribution in [0.1, 0.15) is 25.7 Å². The molecule has 5 nitrogen and oxygen atoms in total. The third kappa shape index (κ3) is 2.56. The Morgan fingerprint density at radius 2 is 2.47 bits per heavy atom. The van der Waals surface area contributed by atoms with Crippen molar-refractivity contribution < 1.29 is 4.79 Å². The maximum Gasteiger partial charge on any atom is 0.228 e. The van der Waals surface area contributed by atoms with Gasteiger partial charge in [-0.1, -0.05) is 6.42 Å². The van der Waals surface area contributed by atoms with E-state index in [2.05, 4.69) is 15.5 Å². The zero-order valence-electron chi connectivity index (χ0n) is 8.57. The monoisotopic (exact) mass is 208 g/mol. The number of carbonyl (C=O) groups excluding carboxylic acids is 1. The number of rotatable bonds is 2. The third-order valence-electron chi connectivity index (χ3n) is 2.84. The Balaban J connectivity index is 1.90. The van der Waals surface area contributed by atoms with Gasteiger partial charge in [0, 0.05) is 18.0 Å². The summed E-state index contributed by atoms with van der Waals surface area (Å²) >= 11 is 0. The fourth-order valence-corrected chi connectivity index (χ4v) is 2.03. The van der Waals surface area contributed by atoms with E-state index in [-0.39, 0.29) is 17.9 Å². The second kappa shape index (κ2) is 4.44. The molecule has 1 heterocycles. The van der Waals surface area contributed by atoms with Crippen LogP contribution in [0.4, 0.5) is 5.82 Å². The van der Waals surface area contributed by atoms with Crippen LogP contribution in [0.3, 0.4) is 0 Å². The summed E-state index contributed by atoms with van der Waals surface area (Å²) < 4.78 is 0. The highest BCUT2D eigenvalue weighted by molar-refractivity contribution is 5.91. The van der Waals surface area contributed by atoms with Gasteiger partial charge in [0.15, 0.2) is 0 Å². The molecule has 0 bridgehead atoms. The zero-order chi connectivity index (χ0) is 10.7. The lowest BCUT2D eigenvalue weighted by molar-refractivity contribution is -0.120. The zero-order valence-corrected chi connectivity index (χ0v) is 8.57. The molecule has 2 rings (SSSR count). The Morgan fingerprint density at radius 1 is 1.60 bits per heavy atom. The Hall–Kier alpha value is -1.36. The minimum absolute atomic E-state index is 0.0504. The summed E-state index contributed by atoms with van der Waals surface area (Å²) in [5.74, 6) is 0.755. The van der Waals surface area contributed by atoms with Crippen LogP contribution in [0, 0.1) is 5.92 Å². The molecule has 1 aromatic heterocycles. The minimum atomic E-state index is 0.0504. The molecule has 0 aliphatic heterocycles. The summed E-state index contributed by atoms with van der Waals surface area (Å²) in [6.07, 6.45) is 5.42. The number of anilines is 1. The molecule has 5 heteroatoms. The normalized spacial score (nSPS) is 26.2. The van der Waals surface area contributed by atoms with Crippen molar-refractivity contribution in [1.29, 1.82) is 0 Å². The number of amides is 1. The van der Waals surface area contributed by atoms with E-state index in [1.165, 1.54) is 0 Å². The summed E-state index contributed by atoms with van der Waals surface area (Å²) in [5, 5.41) is 9.28. The molecule has 1 aliphatic rings. The fourth-order valence-electron chi connectivity index (χ4n) is 2.03. The van der Waals surface area contributed by atoms with Crippen LogP contribution < -0.4 is 11.1 Å². The molecule has 1 amide bonds. The van der Waals surface area contributed by atoms with Gasteiger partial charge in [-0.3, -0.25) is 9.89 Å². The molecule has 1 fully saturated rings. The number of nitrogens with zero attached hydrogens (tertiary/aromatic N) is 1. The Bertz CT molecular complexity index is 322. The van der Waals surface area contributed by atoms with Gasteiger partial charge in [0.2, 0.25) is 5.91 Å². The first-order valence-electron chi connectivity index (χ1n) is 5.31. The Kier molecular flexibility index (Phi) is 3.01. The number of aromatic amines is 1. The summed E-state index contributed by atoms with van der Waals surface area (Å²) in [6.45, 7) is 0. The van der Waals surface area contributed by atoms with E-state index in [1.54, 1.807) is 12.3 Å². The van der Waals surface area contributed by atoms with Crippen molar-refractivity contribution in [1.82, 2.24) is 10.2 Å². The van der Waals surface area contributed by atoms with Crippen LogP contribution in [0.5, 0.6) is 0 Å². The number of H-pyrrole nitrogens is 1. The molecule has 1 aliphatic carbocycles. The van der Waals surface area contributed by atoms with Crippen LogP contribution >= 0.6 is 0 Å². The van der Waals surface area contributed by atoms with Gasteiger partial charge in [0.1, 0.15) is 5.82 Å². The topological polar surface area (TPSA) is 83.8 Å². The minimum Gasteiger partial charge on any atom is -0.328 e. The highest BCUT2D eigenvalue weighted by atomic mass is 16.1. The Morgan fingerprint density at radius 3 is 3.13 bits per heavy atom. The molecule has 1 saturated carbocycles. The summed E-state index contributed by atoms with van der Waals surface area (Å²) in [7, 11) is 0. The van der Waals surface area contributed by atoms with Crippen LogP contribution in [-0.2, 0) is 4.79 Å². The van der Waals surface area contributed by atoms with Crippen molar-refractivity contribution in [3.8, 4) is 0 Å². The maximum atomic E-state index is 11.8. The number of carbonyl (C=O) groups is 1. The number of aromatic nitrogens is 2. The first kappa shape index (κ1) is 10.2. The average Bonchev–Trinajstić information content (AvgIpc) is 2.70. The largest absolute Gasteiger partial charge is 0.328 e. The SMILES string of the molecule is NC1CCCC(C(=O)Nc2ccn[nH]2)C1. The van der Waals surface area contributed by atoms with Crippen molar-refractivity contribution in [2.24, 2.45) is 11.7 Å². The molecule has 4 N–H and O–H groups in total. The molecule has 1 aromatic rings. The third-order valence-corrected chi connectivity index (χ3v) is 2.84. The summed E-state index contributed by atoms with van der Waals surface area (Å²) in [6, 6.07) is 1.91. The van der Waals surface area contributed by atoms with Gasteiger partial charge in [-0.2, -0.15) is 5.10 Å². The van der Waals surface area contributed by atoms with E-state index in [0.717, 1.165) is 25.7 Å². The molecule has 0 spiro atoms. The predicted octanol–water partition coefficient (Wildman–Crippen LogP) is 0.866. The maximum absolute atomic E-state index is 11.8. The first-order valence-corrected chi connectivity index (χ1v) is 5.31. The molecule has 15 heavy (non-hydrogen) atoms. The number of nitrogens with two attached hydrogens (primary N) is 1. The van der Waals surface area contributed by atoms with Crippen LogP contribution in [0.25, 0.3) is 0 Å². The van der Waals surface area contributed by atoms with E-state index in [9.17, 15) is 4.79 Å². The van der Waals surface area contributed by atoms with E-state index in [4.69, 9.17) is 5.73 Å². The fraction of sp³-hybridized carbons (Fsp3) is 0.600. The van der Waals surface area contributed by atoms with Gasteiger partial charge in [0.05, 0.1) is 6.20 Å². The number of hydrogen-bond acceptors (Lipinski definition) is 3. The molecular formula is C10H16N4O. The van der Waals surface area contributed by atoms with Gasteiger partial charge in [0.25, 0.3) is 0 Å². The molecule has 0 aromatic carbocycles. The highest BCUT2D eigenvalue weighted by Gasteiger charge is 2.25. The van der Waals surface area contributed by atoms with Gasteiger partial charge < -0.3 is 11.1 Å². The van der Waals surface area contributed by atoms with Crippen LogP contribution in [0.2, 0.25) is 0 Å². The van der Waals surface area contributed by atoms with E-state index < -0.39 is 0 Å². The lowest BCUT2D eigenvalue weighted by atomic mass is 9.85. The second-order valence-corrected chi connectivity index (χ2v) is 4.08. The molecule has 2 atom stereocenters. The molecule has 82 valence electrons. The predicted molar refractivity (Wildman–Crippen MR) is 57.2 cm³/mol. The average molecular weight is 208 g/mol. The van der Waals surface area contributed by atoms with Crippen LogP contribution in [-0.4, -0.2) is 22.1 Å². The standard InChI is InChI=1S/C10H16N4O/c11-8-3-1-2-7(6-8)10(15)13-9-4-5-12-14-9/h4-5,7-8H,1-3,6,11H2,(H2,12,13,14,15). The van der Waals surface area contributed by atoms with Crippen molar-refractivity contribution in [3.63, 3.8) is 0 Å². The van der Waals surface area contributed by atoms with Crippen LogP contribution in [0.15, 0.2) is 12.3 Å². The summed E-state index contributed by atoms with van der Waals surface area (Å²) in [5.41, 5.74) is 5.84. The number of hydrogen-bond donors (Lipinski definition) is 3. The number of nitrogens with one attached hydrogen (secondary N) is 2. The second-order valence-electron chi connectivity index (χ2n) is 4.08. The van der Waals surface area contributed by atoms with Crippen molar-refractivity contribution >= 4 is 11.7 Å². The van der Waals surface area contributed by atoms with Crippen molar-refractivity contribution in [3.05, 3.63) is 12.3 Å². The molecule has 0 saturated heterocycles. The van der Waals surface area contributed by atoms with E-state index >= 15 is 0 Å². The summed E-state index contributed by atoms with van der Waals surface area (Å²) in [4.78, 5) is 11.8. The molecule has 2 unspecified atom stereocenters. The van der Waals surface area contributed by atoms with Gasteiger partial charge in [-0.25, -0.2) is 0 Å². The van der Waals surface area contributed by atoms with Crippen molar-refractivity contribution in [2.45, 2.75) is 31.7 Å². The van der Waals surface area contributed by atoms with E-state index in [1.807, 2.05) is 0 Å². The van der Waals surface area contributed by atoms with Crippen molar-refractivity contribution in [2.75, 3.05) is 5.32 Å². The Labute approximate surface area is 88.4 Å². The van der Waals surface area contributed by atoms with Gasteiger partial charge >= 0.3 is 0 Å². The lowest BCUT2D eigenvalue weighted by Gasteiger charge is -2.25. The van der Waals surface area contributed by atoms with Gasteiger partial charge in [-0.15, -0.1) is 0 Å². The quantitative estimate of drug-likeness (QED) is 0.674. The highest BCUT2D eigenvalue weighted by Crippen LogP contribution is 2.24.